The minimum absolute atomic E-state index is 0.0506. The number of nitrogens with zero attached hydrogens (tertiary/aromatic N) is 3. The number of esters is 1. The Labute approximate surface area is 305 Å². The molecule has 12 heteroatoms. The molecule has 9 rings (SSSR count). The summed E-state index contributed by atoms with van der Waals surface area (Å²) in [4.78, 5) is 38.2. The fourth-order valence-corrected chi connectivity index (χ4v) is 16.6. The van der Waals surface area contributed by atoms with Crippen LogP contribution in [-0.2, 0) is 31.6 Å². The summed E-state index contributed by atoms with van der Waals surface area (Å²) in [5.74, 6) is -0.256. The predicted octanol–water partition coefficient (Wildman–Crippen LogP) is 3.59. The molecule has 272 valence electrons. The van der Waals surface area contributed by atoms with E-state index in [1.165, 1.54) is 7.11 Å². The first-order chi connectivity index (χ1) is 24.6. The topological polar surface area (TPSA) is 139 Å². The van der Waals surface area contributed by atoms with Crippen molar-refractivity contribution in [1.29, 1.82) is 0 Å². The Morgan fingerprint density at radius 2 is 1.98 bits per heavy atom. The summed E-state index contributed by atoms with van der Waals surface area (Å²) in [5.41, 5.74) is 2.14. The van der Waals surface area contributed by atoms with Crippen LogP contribution in [0.5, 0.6) is 5.75 Å². The summed E-state index contributed by atoms with van der Waals surface area (Å²) in [6.45, 7) is 5.60. The number of aliphatic hydroxyl groups is 2. The van der Waals surface area contributed by atoms with Crippen molar-refractivity contribution in [2.24, 2.45) is 11.8 Å². The van der Waals surface area contributed by atoms with Gasteiger partial charge in [0.1, 0.15) is 0 Å². The number of hydrogen-bond acceptors (Lipinski definition) is 9. The molecule has 0 radical (unpaired) electrons. The third-order valence-electron chi connectivity index (χ3n) is 13.3. The van der Waals surface area contributed by atoms with Crippen molar-refractivity contribution in [3.63, 3.8) is 0 Å². The van der Waals surface area contributed by atoms with E-state index in [4.69, 9.17) is 9.47 Å². The van der Waals surface area contributed by atoms with Crippen LogP contribution in [0.15, 0.2) is 48.6 Å². The number of aromatic nitrogens is 1. The first-order valence-electron chi connectivity index (χ1n) is 18.2. The molecule has 4 N–H and O–H groups in total. The zero-order valence-electron chi connectivity index (χ0n) is 29.3. The van der Waals surface area contributed by atoms with Crippen molar-refractivity contribution in [2.75, 3.05) is 51.8 Å². The van der Waals surface area contributed by atoms with Gasteiger partial charge in [0, 0.05) is 0 Å². The summed E-state index contributed by atoms with van der Waals surface area (Å²) in [6, 6.07) is 12.0. The van der Waals surface area contributed by atoms with Gasteiger partial charge in [0.2, 0.25) is 0 Å². The van der Waals surface area contributed by atoms with Crippen molar-refractivity contribution >= 4 is 49.2 Å². The third-order valence-corrected chi connectivity index (χ3v) is 18.4. The molecule has 3 fully saturated rings. The van der Waals surface area contributed by atoms with Crippen molar-refractivity contribution in [3.8, 4) is 5.75 Å². The molecule has 1 spiro atoms. The SMILES string of the molecule is CC[C@]1(O)C[C@@H]2CN(CCc3c([nH]c4ccccc34)[C@@](C(=O)OC)(c3cc4c(cc3OC)N(C=O)[C@H]3I(O)[C@H](O)C5C=CCN6CC[C@]43C56)C2)C1. The normalized spacial score (nSPS) is 37.5. The number of fused-ring (bicyclic) bond motifs is 6. The van der Waals surface area contributed by atoms with Gasteiger partial charge in [0.15, 0.2) is 0 Å². The van der Waals surface area contributed by atoms with Gasteiger partial charge < -0.3 is 0 Å². The summed E-state index contributed by atoms with van der Waals surface area (Å²) in [6.07, 6.45) is 7.89. The molecule has 0 saturated carbocycles. The van der Waals surface area contributed by atoms with Gasteiger partial charge >= 0.3 is 307 Å². The second-order valence-corrected chi connectivity index (χ2v) is 19.9. The molecule has 1 aromatic heterocycles. The number of aliphatic hydroxyl groups excluding tert-OH is 1. The second-order valence-electron chi connectivity index (χ2n) is 15.6. The van der Waals surface area contributed by atoms with Crippen LogP contribution in [-0.4, -0.2) is 108 Å². The molecular weight excluding hydrogens is 763 g/mol. The number of alkyl halides is 2. The minimum atomic E-state index is -3.19. The Balaban J connectivity index is 1.34. The van der Waals surface area contributed by atoms with Gasteiger partial charge in [0.25, 0.3) is 0 Å². The molecule has 6 aliphatic rings. The maximum absolute atomic E-state index is 15.0. The Bertz CT molecular complexity index is 1950. The van der Waals surface area contributed by atoms with Crippen LogP contribution in [0, 0.1) is 11.8 Å². The molecule has 2 aromatic carbocycles. The number of piperidine rings is 1. The standard InChI is InChI=1S/C39H47IN4O7/c1-4-37(48)18-23-19-39(36(47)51-3,32-25(11-14-42(20-23)21-37)24-8-5-6-10-29(24)41-32)28-16-27-30(17-31(28)50-2)44(22-45)35-38(27)12-15-43-13-7-9-26(33(38)43)34(46)40(35)49/h5-10,16-17,22-23,26,33-35,41,46,48-49H,4,11-15,18-21H2,1-3H3/t23-,26?,33?,34+,35+,37-,38+,39-/m0/s1. The number of rotatable bonds is 5. The number of carbonyl (C=O) groups excluding carboxylic acids is 2. The van der Waals surface area contributed by atoms with Gasteiger partial charge in [-0.15, -0.1) is 0 Å². The number of anilines is 1. The third kappa shape index (κ3) is 4.52. The molecule has 2 bridgehead atoms. The van der Waals surface area contributed by atoms with Crippen molar-refractivity contribution in [3.05, 3.63) is 70.9 Å². The number of halogens is 1. The van der Waals surface area contributed by atoms with Crippen LogP contribution in [0.1, 0.15) is 55.0 Å². The van der Waals surface area contributed by atoms with E-state index in [0.717, 1.165) is 66.7 Å². The molecule has 3 aromatic rings. The van der Waals surface area contributed by atoms with Crippen molar-refractivity contribution in [2.45, 2.75) is 69.7 Å². The average Bonchev–Trinajstić information content (AvgIpc) is 3.81. The number of H-pyrrole nitrogens is 1. The van der Waals surface area contributed by atoms with Crippen molar-refractivity contribution in [1.82, 2.24) is 14.8 Å². The van der Waals surface area contributed by atoms with E-state index in [1.54, 1.807) is 12.0 Å². The van der Waals surface area contributed by atoms with Crippen LogP contribution >= 0.6 is 20.2 Å². The summed E-state index contributed by atoms with van der Waals surface area (Å²) in [7, 11) is 3.03. The first kappa shape index (κ1) is 33.8. The molecule has 7 heterocycles. The van der Waals surface area contributed by atoms with E-state index in [1.807, 2.05) is 31.2 Å². The molecule has 9 atom stereocenters. The number of para-hydroxylation sites is 1. The fraction of sp³-hybridized carbons (Fsp3) is 0.538. The zero-order valence-corrected chi connectivity index (χ0v) is 31.5. The molecule has 11 nitrogen and oxygen atoms in total. The number of hydrogen-bond donors (Lipinski definition) is 4. The Morgan fingerprint density at radius 3 is 2.75 bits per heavy atom. The molecule has 3 saturated heterocycles. The number of amides is 1. The second kappa shape index (κ2) is 12.0. The van der Waals surface area contributed by atoms with E-state index >= 15 is 4.79 Å². The first-order valence-corrected chi connectivity index (χ1v) is 21.6. The number of ether oxygens (including phenoxy) is 2. The number of methoxy groups -OCH3 is 2. The van der Waals surface area contributed by atoms with Crippen LogP contribution < -0.4 is 9.64 Å². The van der Waals surface area contributed by atoms with E-state index in [-0.39, 0.29) is 17.9 Å². The van der Waals surface area contributed by atoms with Gasteiger partial charge in [-0.25, -0.2) is 0 Å². The predicted molar refractivity (Wildman–Crippen MR) is 201 cm³/mol. The number of nitrogens with one attached hydrogen (secondary N) is 1. The van der Waals surface area contributed by atoms with Gasteiger partial charge in [-0.05, 0) is 0 Å². The van der Waals surface area contributed by atoms with Gasteiger partial charge in [-0.1, -0.05) is 0 Å². The summed E-state index contributed by atoms with van der Waals surface area (Å²) in [5, 5.41) is 24.5. The Morgan fingerprint density at radius 1 is 1.16 bits per heavy atom. The summed E-state index contributed by atoms with van der Waals surface area (Å²) < 4.78 is 22.7. The van der Waals surface area contributed by atoms with Crippen LogP contribution in [0.25, 0.3) is 10.9 Å². The van der Waals surface area contributed by atoms with Crippen molar-refractivity contribution < 1.29 is 32.7 Å². The van der Waals surface area contributed by atoms with Crippen LogP contribution in [0.3, 0.4) is 0 Å². The maximum atomic E-state index is 15.0. The van der Waals surface area contributed by atoms with Crippen LogP contribution in [0.2, 0.25) is 0 Å². The van der Waals surface area contributed by atoms with Gasteiger partial charge in [-0.2, -0.15) is 0 Å². The molecule has 3 unspecified atom stereocenters. The van der Waals surface area contributed by atoms with E-state index < -0.39 is 50.8 Å². The van der Waals surface area contributed by atoms with Gasteiger partial charge in [-0.3, -0.25) is 0 Å². The fourth-order valence-electron chi connectivity index (χ4n) is 11.3. The van der Waals surface area contributed by atoms with E-state index in [9.17, 15) is 18.4 Å². The zero-order chi connectivity index (χ0) is 35.4. The van der Waals surface area contributed by atoms with Crippen LogP contribution in [0.4, 0.5) is 5.69 Å². The number of aromatic amines is 1. The van der Waals surface area contributed by atoms with Gasteiger partial charge in [0.05, 0.1) is 0 Å². The quantitative estimate of drug-likeness (QED) is 0.0762. The Hall–Kier alpha value is -3.01. The molecular formula is C39H47IN4O7. The molecule has 1 amide bonds. The number of carbonyl (C=O) groups is 2. The average molecular weight is 811 g/mol. The molecule has 0 aliphatic carbocycles. The number of benzene rings is 2. The molecule has 51 heavy (non-hydrogen) atoms. The molecule has 6 aliphatic heterocycles. The monoisotopic (exact) mass is 810 g/mol. The van der Waals surface area contributed by atoms with E-state index in [0.29, 0.717) is 49.2 Å². The Kier molecular flexibility index (Phi) is 7.96. The van der Waals surface area contributed by atoms with E-state index in [2.05, 4.69) is 39.1 Å². The summed E-state index contributed by atoms with van der Waals surface area (Å²) >= 11 is -3.19.